The summed E-state index contributed by atoms with van der Waals surface area (Å²) in [5.41, 5.74) is 0. The smallest absolute Gasteiger partial charge is 0.379 e. The van der Waals surface area contributed by atoms with Crippen molar-refractivity contribution in [3.8, 4) is 0 Å². The molecule has 0 amide bonds. The van der Waals surface area contributed by atoms with E-state index < -0.39 is 23.9 Å². The van der Waals surface area contributed by atoms with Gasteiger partial charge in [-0.05, 0) is 12.8 Å². The van der Waals surface area contributed by atoms with E-state index in [-0.39, 0.29) is 6.61 Å². The average Bonchev–Trinajstić information content (AvgIpc) is 2.19. The maximum Gasteiger partial charge on any atom is 0.379 e. The van der Waals surface area contributed by atoms with Gasteiger partial charge in [0.15, 0.2) is 0 Å². The number of halogens is 2. The highest BCUT2D eigenvalue weighted by molar-refractivity contribution is 5.78. The standard InChI is InChI=1S/C10H18F2O3/c1-4-7(5-2)8(13)10(11,12)9(14)15-6-3/h7-8,13H,4-6H2,1-3H3/t8-/m1/s1. The van der Waals surface area contributed by atoms with Crippen LogP contribution in [0.2, 0.25) is 0 Å². The van der Waals surface area contributed by atoms with Gasteiger partial charge in [0.05, 0.1) is 6.61 Å². The summed E-state index contributed by atoms with van der Waals surface area (Å²) in [6, 6.07) is 0. The first-order chi connectivity index (χ1) is 6.91. The second kappa shape index (κ2) is 6.00. The molecule has 90 valence electrons. The van der Waals surface area contributed by atoms with Crippen LogP contribution in [0.4, 0.5) is 8.78 Å². The van der Waals surface area contributed by atoms with Crippen LogP contribution in [0.3, 0.4) is 0 Å². The third kappa shape index (κ3) is 3.41. The van der Waals surface area contributed by atoms with Crippen molar-refractivity contribution in [3.63, 3.8) is 0 Å². The zero-order valence-corrected chi connectivity index (χ0v) is 9.30. The van der Waals surface area contributed by atoms with Crippen molar-refractivity contribution in [1.29, 1.82) is 0 Å². The topological polar surface area (TPSA) is 46.5 Å². The fourth-order valence-electron chi connectivity index (χ4n) is 1.38. The number of aliphatic hydroxyl groups is 1. The Morgan fingerprint density at radius 2 is 1.80 bits per heavy atom. The molecule has 0 aromatic rings. The summed E-state index contributed by atoms with van der Waals surface area (Å²) < 4.78 is 30.8. The number of hydrogen-bond acceptors (Lipinski definition) is 3. The first-order valence-electron chi connectivity index (χ1n) is 5.14. The minimum absolute atomic E-state index is 0.121. The Kier molecular flexibility index (Phi) is 5.72. The molecule has 0 spiro atoms. The van der Waals surface area contributed by atoms with Gasteiger partial charge in [0, 0.05) is 0 Å². The highest BCUT2D eigenvalue weighted by Crippen LogP contribution is 2.29. The third-order valence-corrected chi connectivity index (χ3v) is 2.41. The monoisotopic (exact) mass is 224 g/mol. The molecule has 0 rings (SSSR count). The van der Waals surface area contributed by atoms with E-state index in [0.717, 1.165) is 0 Å². The van der Waals surface area contributed by atoms with Crippen LogP contribution >= 0.6 is 0 Å². The predicted octanol–water partition coefficient (Wildman–Crippen LogP) is 1.98. The van der Waals surface area contributed by atoms with E-state index in [4.69, 9.17) is 0 Å². The Hall–Kier alpha value is -0.710. The molecule has 0 aliphatic carbocycles. The van der Waals surface area contributed by atoms with E-state index in [1.54, 1.807) is 13.8 Å². The molecule has 1 N–H and O–H groups in total. The molecule has 0 saturated carbocycles. The number of hydrogen-bond donors (Lipinski definition) is 1. The van der Waals surface area contributed by atoms with Gasteiger partial charge < -0.3 is 9.84 Å². The van der Waals surface area contributed by atoms with Gasteiger partial charge in [-0.15, -0.1) is 0 Å². The molecular formula is C10H18F2O3. The van der Waals surface area contributed by atoms with Gasteiger partial charge in [-0.25, -0.2) is 4.79 Å². The predicted molar refractivity (Wildman–Crippen MR) is 51.7 cm³/mol. The normalized spacial score (nSPS) is 14.1. The molecule has 15 heavy (non-hydrogen) atoms. The highest BCUT2D eigenvalue weighted by Gasteiger charge is 2.50. The lowest BCUT2D eigenvalue weighted by molar-refractivity contribution is -0.194. The van der Waals surface area contributed by atoms with E-state index in [0.29, 0.717) is 12.8 Å². The van der Waals surface area contributed by atoms with Gasteiger partial charge >= 0.3 is 11.9 Å². The van der Waals surface area contributed by atoms with Crippen molar-refractivity contribution in [2.24, 2.45) is 5.92 Å². The molecular weight excluding hydrogens is 206 g/mol. The fraction of sp³-hybridized carbons (Fsp3) is 0.900. The summed E-state index contributed by atoms with van der Waals surface area (Å²) in [5.74, 6) is -6.05. The number of aliphatic hydroxyl groups excluding tert-OH is 1. The summed E-state index contributed by atoms with van der Waals surface area (Å²) >= 11 is 0. The molecule has 0 radical (unpaired) electrons. The Labute approximate surface area is 88.4 Å². The van der Waals surface area contributed by atoms with Crippen molar-refractivity contribution in [2.75, 3.05) is 6.61 Å². The quantitative estimate of drug-likeness (QED) is 0.702. The van der Waals surface area contributed by atoms with Crippen LogP contribution < -0.4 is 0 Å². The minimum Gasteiger partial charge on any atom is -0.461 e. The lowest BCUT2D eigenvalue weighted by Gasteiger charge is -2.26. The summed E-state index contributed by atoms with van der Waals surface area (Å²) in [7, 11) is 0. The number of carbonyl (C=O) groups is 1. The summed E-state index contributed by atoms with van der Waals surface area (Å²) in [4.78, 5) is 10.9. The SMILES string of the molecule is CCOC(=O)C(F)(F)[C@H](O)C(CC)CC. The molecule has 0 unspecified atom stereocenters. The Bertz CT molecular complexity index is 203. The number of alkyl halides is 2. The highest BCUT2D eigenvalue weighted by atomic mass is 19.3. The zero-order valence-electron chi connectivity index (χ0n) is 9.30. The van der Waals surface area contributed by atoms with Crippen LogP contribution in [0.1, 0.15) is 33.6 Å². The average molecular weight is 224 g/mol. The molecule has 0 bridgehead atoms. The largest absolute Gasteiger partial charge is 0.461 e. The van der Waals surface area contributed by atoms with Crippen molar-refractivity contribution < 1.29 is 23.4 Å². The van der Waals surface area contributed by atoms with Crippen molar-refractivity contribution in [3.05, 3.63) is 0 Å². The van der Waals surface area contributed by atoms with Crippen LogP contribution in [-0.4, -0.2) is 29.7 Å². The van der Waals surface area contributed by atoms with Crippen molar-refractivity contribution in [2.45, 2.75) is 45.6 Å². The lowest BCUT2D eigenvalue weighted by atomic mass is 9.92. The molecule has 0 aliphatic heterocycles. The second-order valence-corrected chi connectivity index (χ2v) is 3.36. The summed E-state index contributed by atoms with van der Waals surface area (Å²) in [5, 5.41) is 9.38. The number of ether oxygens (including phenoxy) is 1. The van der Waals surface area contributed by atoms with Gasteiger partial charge in [0.1, 0.15) is 6.10 Å². The molecule has 0 saturated heterocycles. The Morgan fingerprint density at radius 3 is 2.13 bits per heavy atom. The van der Waals surface area contributed by atoms with E-state index in [9.17, 15) is 18.7 Å². The number of rotatable bonds is 6. The minimum atomic E-state index is -3.81. The molecule has 3 nitrogen and oxygen atoms in total. The van der Waals surface area contributed by atoms with Crippen LogP contribution in [-0.2, 0) is 9.53 Å². The number of carbonyl (C=O) groups excluding carboxylic acids is 1. The fourth-order valence-corrected chi connectivity index (χ4v) is 1.38. The summed E-state index contributed by atoms with van der Waals surface area (Å²) in [6.07, 6.45) is -1.18. The maximum atomic E-state index is 13.3. The van der Waals surface area contributed by atoms with Gasteiger partial charge in [-0.3, -0.25) is 0 Å². The molecule has 0 aromatic carbocycles. The van der Waals surface area contributed by atoms with Crippen LogP contribution in [0, 0.1) is 5.92 Å². The second-order valence-electron chi connectivity index (χ2n) is 3.36. The van der Waals surface area contributed by atoms with E-state index in [2.05, 4.69) is 4.74 Å². The molecule has 5 heteroatoms. The first-order valence-corrected chi connectivity index (χ1v) is 5.14. The van der Waals surface area contributed by atoms with Crippen LogP contribution in [0.5, 0.6) is 0 Å². The molecule has 0 aliphatic rings. The first kappa shape index (κ1) is 14.3. The van der Waals surface area contributed by atoms with Gasteiger partial charge in [0.25, 0.3) is 0 Å². The lowest BCUT2D eigenvalue weighted by Crippen LogP contribution is -2.46. The van der Waals surface area contributed by atoms with Gasteiger partial charge in [-0.2, -0.15) is 8.78 Å². The maximum absolute atomic E-state index is 13.3. The van der Waals surface area contributed by atoms with E-state index in [1.807, 2.05) is 0 Å². The van der Waals surface area contributed by atoms with E-state index in [1.165, 1.54) is 6.92 Å². The number of esters is 1. The molecule has 0 aromatic heterocycles. The van der Waals surface area contributed by atoms with Crippen LogP contribution in [0.25, 0.3) is 0 Å². The van der Waals surface area contributed by atoms with Crippen molar-refractivity contribution >= 4 is 5.97 Å². The van der Waals surface area contributed by atoms with Crippen molar-refractivity contribution in [1.82, 2.24) is 0 Å². The van der Waals surface area contributed by atoms with E-state index >= 15 is 0 Å². The Morgan fingerprint density at radius 1 is 1.33 bits per heavy atom. The van der Waals surface area contributed by atoms with Gasteiger partial charge in [-0.1, -0.05) is 26.7 Å². The molecule has 1 atom stereocenters. The Balaban J connectivity index is 4.61. The third-order valence-electron chi connectivity index (χ3n) is 2.41. The molecule has 0 heterocycles. The van der Waals surface area contributed by atoms with Gasteiger partial charge in [0.2, 0.25) is 0 Å². The zero-order chi connectivity index (χ0) is 12.1. The summed E-state index contributed by atoms with van der Waals surface area (Å²) in [6.45, 7) is 4.71. The van der Waals surface area contributed by atoms with Crippen LogP contribution in [0.15, 0.2) is 0 Å². The molecule has 0 fully saturated rings.